The van der Waals surface area contributed by atoms with Crippen LogP contribution in [0.2, 0.25) is 0 Å². The van der Waals surface area contributed by atoms with E-state index in [1.54, 1.807) is 18.2 Å². The van der Waals surface area contributed by atoms with E-state index in [4.69, 9.17) is 5.73 Å². The van der Waals surface area contributed by atoms with E-state index in [2.05, 4.69) is 6.58 Å². The van der Waals surface area contributed by atoms with E-state index in [9.17, 15) is 8.42 Å². The molecule has 0 heterocycles. The van der Waals surface area contributed by atoms with E-state index in [0.717, 1.165) is 12.0 Å². The van der Waals surface area contributed by atoms with Crippen molar-refractivity contribution in [2.45, 2.75) is 31.2 Å². The molecule has 0 bridgehead atoms. The van der Waals surface area contributed by atoms with Crippen molar-refractivity contribution in [3.63, 3.8) is 0 Å². The van der Waals surface area contributed by atoms with Crippen LogP contribution in [0.3, 0.4) is 0 Å². The van der Waals surface area contributed by atoms with Crippen molar-refractivity contribution < 1.29 is 8.42 Å². The fraction of sp³-hybridized carbons (Fsp3) is 0.429. The van der Waals surface area contributed by atoms with Crippen molar-refractivity contribution >= 4 is 10.0 Å². The summed E-state index contributed by atoms with van der Waals surface area (Å²) < 4.78 is 26.4. The maximum atomic E-state index is 12.5. The predicted molar refractivity (Wildman–Crippen MR) is 78.4 cm³/mol. The molecule has 4 nitrogen and oxygen atoms in total. The third kappa shape index (κ3) is 3.89. The van der Waals surface area contributed by atoms with Gasteiger partial charge in [-0.1, -0.05) is 18.2 Å². The Kier molecular flexibility index (Phi) is 5.72. The molecule has 0 aliphatic heterocycles. The molecule has 0 aliphatic carbocycles. The van der Waals surface area contributed by atoms with Gasteiger partial charge in [-0.25, -0.2) is 8.42 Å². The molecule has 0 saturated heterocycles. The van der Waals surface area contributed by atoms with Gasteiger partial charge in [0.05, 0.1) is 4.90 Å². The van der Waals surface area contributed by atoms with Crippen molar-refractivity contribution in [2.24, 2.45) is 5.73 Å². The van der Waals surface area contributed by atoms with Gasteiger partial charge in [0.1, 0.15) is 0 Å². The number of hydrogen-bond donors (Lipinski definition) is 1. The summed E-state index contributed by atoms with van der Waals surface area (Å²) in [4.78, 5) is 0.309. The Bertz CT molecular complexity index is 507. The minimum Gasteiger partial charge on any atom is -0.330 e. The highest BCUT2D eigenvalue weighted by Crippen LogP contribution is 2.18. The van der Waals surface area contributed by atoms with Gasteiger partial charge in [-0.2, -0.15) is 4.31 Å². The molecule has 0 unspecified atom stereocenters. The molecular weight excluding hydrogens is 260 g/mol. The van der Waals surface area contributed by atoms with E-state index in [1.807, 2.05) is 26.0 Å². The van der Waals surface area contributed by atoms with Crippen LogP contribution >= 0.6 is 0 Å². The van der Waals surface area contributed by atoms with Crippen LogP contribution in [0.15, 0.2) is 41.8 Å². The van der Waals surface area contributed by atoms with Crippen molar-refractivity contribution in [1.29, 1.82) is 0 Å². The monoisotopic (exact) mass is 282 g/mol. The third-order valence-electron chi connectivity index (χ3n) is 2.85. The summed E-state index contributed by atoms with van der Waals surface area (Å²) in [6.45, 7) is 8.18. The lowest BCUT2D eigenvalue weighted by atomic mass is 10.2. The number of benzene rings is 1. The second kappa shape index (κ2) is 6.84. The van der Waals surface area contributed by atoms with E-state index >= 15 is 0 Å². The highest BCUT2D eigenvalue weighted by molar-refractivity contribution is 7.89. The van der Waals surface area contributed by atoms with Crippen molar-refractivity contribution in [3.05, 3.63) is 42.5 Å². The molecule has 5 heteroatoms. The van der Waals surface area contributed by atoms with E-state index in [1.165, 1.54) is 4.31 Å². The average molecular weight is 282 g/mol. The van der Waals surface area contributed by atoms with Crippen LogP contribution in [-0.2, 0) is 16.4 Å². The predicted octanol–water partition coefficient (Wildman–Crippen LogP) is 1.77. The molecule has 0 aromatic heterocycles. The van der Waals surface area contributed by atoms with Gasteiger partial charge in [-0.15, -0.1) is 6.58 Å². The number of sulfonamides is 1. The van der Waals surface area contributed by atoms with Gasteiger partial charge < -0.3 is 5.73 Å². The summed E-state index contributed by atoms with van der Waals surface area (Å²) in [5, 5.41) is 0. The van der Waals surface area contributed by atoms with Gasteiger partial charge in [-0.3, -0.25) is 0 Å². The summed E-state index contributed by atoms with van der Waals surface area (Å²) in [6, 6.07) is 6.79. The van der Waals surface area contributed by atoms with Gasteiger partial charge in [-0.05, 0) is 44.5 Å². The molecule has 0 amide bonds. The Morgan fingerprint density at radius 3 is 2.32 bits per heavy atom. The lowest BCUT2D eigenvalue weighted by Crippen LogP contribution is -2.36. The second-order valence-corrected chi connectivity index (χ2v) is 6.53. The molecule has 0 aliphatic rings. The SMILES string of the molecule is C=CCN(C(C)C)S(=O)(=O)c1ccc(CCN)cc1. The first-order valence-corrected chi connectivity index (χ1v) is 7.79. The molecule has 106 valence electrons. The standard InChI is InChI=1S/C14H22N2O2S/c1-4-11-16(12(2)3)19(17,18)14-7-5-13(6-8-14)9-10-15/h4-8,12H,1,9-11,15H2,2-3H3. The fourth-order valence-corrected chi connectivity index (χ4v) is 3.45. The van der Waals surface area contributed by atoms with E-state index in [-0.39, 0.29) is 6.04 Å². The molecule has 2 N–H and O–H groups in total. The lowest BCUT2D eigenvalue weighted by Gasteiger charge is -2.24. The smallest absolute Gasteiger partial charge is 0.243 e. The average Bonchev–Trinajstić information content (AvgIpc) is 2.36. The highest BCUT2D eigenvalue weighted by atomic mass is 32.2. The molecule has 1 aromatic carbocycles. The minimum absolute atomic E-state index is 0.105. The van der Waals surface area contributed by atoms with E-state index < -0.39 is 10.0 Å². The first kappa shape index (κ1) is 15.9. The quantitative estimate of drug-likeness (QED) is 0.775. The summed E-state index contributed by atoms with van der Waals surface area (Å²) in [7, 11) is -3.46. The zero-order chi connectivity index (χ0) is 14.5. The van der Waals surface area contributed by atoms with E-state index in [0.29, 0.717) is 18.0 Å². The molecule has 0 radical (unpaired) electrons. The minimum atomic E-state index is -3.46. The molecule has 0 atom stereocenters. The van der Waals surface area contributed by atoms with Crippen LogP contribution in [-0.4, -0.2) is 31.9 Å². The third-order valence-corrected chi connectivity index (χ3v) is 4.90. The van der Waals surface area contributed by atoms with Gasteiger partial charge in [0.25, 0.3) is 0 Å². The van der Waals surface area contributed by atoms with Gasteiger partial charge in [0.2, 0.25) is 10.0 Å². The molecule has 0 spiro atoms. The largest absolute Gasteiger partial charge is 0.330 e. The number of rotatable bonds is 7. The van der Waals surface area contributed by atoms with Crippen LogP contribution in [0.4, 0.5) is 0 Å². The van der Waals surface area contributed by atoms with Crippen molar-refractivity contribution in [2.75, 3.05) is 13.1 Å². The summed E-state index contributed by atoms with van der Waals surface area (Å²) >= 11 is 0. The first-order chi connectivity index (χ1) is 8.93. The zero-order valence-electron chi connectivity index (χ0n) is 11.5. The molecule has 19 heavy (non-hydrogen) atoms. The molecule has 0 fully saturated rings. The summed E-state index contributed by atoms with van der Waals surface area (Å²) in [6.07, 6.45) is 2.35. The van der Waals surface area contributed by atoms with Crippen LogP contribution in [0.5, 0.6) is 0 Å². The highest BCUT2D eigenvalue weighted by Gasteiger charge is 2.25. The van der Waals surface area contributed by atoms with Crippen molar-refractivity contribution in [3.8, 4) is 0 Å². The lowest BCUT2D eigenvalue weighted by molar-refractivity contribution is 0.383. The van der Waals surface area contributed by atoms with Crippen LogP contribution in [0, 0.1) is 0 Å². The molecule has 0 saturated carbocycles. The second-order valence-electron chi connectivity index (χ2n) is 4.64. The Hall–Kier alpha value is -1.17. The van der Waals surface area contributed by atoms with Crippen molar-refractivity contribution in [1.82, 2.24) is 4.31 Å². The van der Waals surface area contributed by atoms with Gasteiger partial charge in [0, 0.05) is 12.6 Å². The first-order valence-electron chi connectivity index (χ1n) is 6.35. The van der Waals surface area contributed by atoms with Crippen LogP contribution in [0.25, 0.3) is 0 Å². The number of nitrogens with two attached hydrogens (primary N) is 1. The Morgan fingerprint density at radius 1 is 1.32 bits per heavy atom. The summed E-state index contributed by atoms with van der Waals surface area (Å²) in [5.41, 5.74) is 6.52. The normalized spacial score (nSPS) is 12.1. The maximum absolute atomic E-state index is 12.5. The van der Waals surface area contributed by atoms with Crippen LogP contribution < -0.4 is 5.73 Å². The van der Waals surface area contributed by atoms with Crippen LogP contribution in [0.1, 0.15) is 19.4 Å². The Labute approximate surface area is 116 Å². The molecular formula is C14H22N2O2S. The number of nitrogens with zero attached hydrogens (tertiary/aromatic N) is 1. The van der Waals surface area contributed by atoms with Gasteiger partial charge >= 0.3 is 0 Å². The fourth-order valence-electron chi connectivity index (χ4n) is 1.84. The Balaban J connectivity index is 3.07. The zero-order valence-corrected chi connectivity index (χ0v) is 12.4. The summed E-state index contributed by atoms with van der Waals surface area (Å²) in [5.74, 6) is 0. The molecule has 1 aromatic rings. The Morgan fingerprint density at radius 2 is 1.89 bits per heavy atom. The van der Waals surface area contributed by atoms with Gasteiger partial charge in [0.15, 0.2) is 0 Å². The molecule has 1 rings (SSSR count). The number of hydrogen-bond acceptors (Lipinski definition) is 3. The maximum Gasteiger partial charge on any atom is 0.243 e. The topological polar surface area (TPSA) is 63.4 Å².